The molecule has 2 N–H and O–H groups in total. The van der Waals surface area contributed by atoms with Crippen molar-refractivity contribution in [3.05, 3.63) is 83.1 Å². The largest absolute Gasteiger partial charge is 0.357 e. The Morgan fingerprint density at radius 3 is 2.97 bits per heavy atom. The van der Waals surface area contributed by atoms with Gasteiger partial charge in [-0.05, 0) is 29.1 Å². The molecule has 4 heterocycles. The number of benzene rings is 1. The third-order valence-electron chi connectivity index (χ3n) is 5.69. The molecule has 1 aliphatic heterocycles. The van der Waals surface area contributed by atoms with Gasteiger partial charge in [0.2, 0.25) is 0 Å². The van der Waals surface area contributed by atoms with E-state index >= 15 is 0 Å². The number of aromatic nitrogens is 4. The Labute approximate surface area is 174 Å². The SMILES string of the molecule is Cn1nc(C(=O)NCc2cccnc2)c2c1CCN(Cc1cc3ccccc3[nH]1)C2. The van der Waals surface area contributed by atoms with Gasteiger partial charge in [-0.2, -0.15) is 5.10 Å². The van der Waals surface area contributed by atoms with E-state index in [4.69, 9.17) is 0 Å². The maximum absolute atomic E-state index is 12.9. The van der Waals surface area contributed by atoms with E-state index in [1.807, 2.05) is 29.9 Å². The van der Waals surface area contributed by atoms with Crippen molar-refractivity contribution in [3.63, 3.8) is 0 Å². The minimum atomic E-state index is -0.136. The van der Waals surface area contributed by atoms with Crippen LogP contribution in [0.3, 0.4) is 0 Å². The van der Waals surface area contributed by atoms with Crippen LogP contribution >= 0.6 is 0 Å². The summed E-state index contributed by atoms with van der Waals surface area (Å²) in [7, 11) is 1.92. The fraction of sp³-hybridized carbons (Fsp3) is 0.261. The summed E-state index contributed by atoms with van der Waals surface area (Å²) >= 11 is 0. The van der Waals surface area contributed by atoms with Crippen LogP contribution in [0.15, 0.2) is 54.9 Å². The quantitative estimate of drug-likeness (QED) is 0.540. The van der Waals surface area contributed by atoms with Gasteiger partial charge in [-0.15, -0.1) is 0 Å². The molecule has 0 bridgehead atoms. The lowest BCUT2D eigenvalue weighted by Gasteiger charge is -2.27. The number of pyridine rings is 1. The number of amides is 1. The second-order valence-corrected chi connectivity index (χ2v) is 7.78. The van der Waals surface area contributed by atoms with Crippen LogP contribution in [0, 0.1) is 0 Å². The van der Waals surface area contributed by atoms with Crippen molar-refractivity contribution in [2.24, 2.45) is 7.05 Å². The van der Waals surface area contributed by atoms with Crippen LogP contribution in [-0.2, 0) is 33.1 Å². The molecule has 7 nitrogen and oxygen atoms in total. The molecule has 0 atom stereocenters. The number of para-hydroxylation sites is 1. The van der Waals surface area contributed by atoms with Crippen molar-refractivity contribution in [2.75, 3.05) is 6.54 Å². The summed E-state index contributed by atoms with van der Waals surface area (Å²) in [4.78, 5) is 22.8. The maximum atomic E-state index is 12.9. The number of fused-ring (bicyclic) bond motifs is 2. The smallest absolute Gasteiger partial charge is 0.272 e. The topological polar surface area (TPSA) is 78.8 Å². The molecule has 3 aromatic heterocycles. The number of hydrogen-bond donors (Lipinski definition) is 2. The molecule has 1 amide bonds. The Morgan fingerprint density at radius 2 is 2.13 bits per heavy atom. The zero-order valence-corrected chi connectivity index (χ0v) is 16.9. The summed E-state index contributed by atoms with van der Waals surface area (Å²) in [6, 6.07) is 14.3. The number of hydrogen-bond acceptors (Lipinski definition) is 4. The minimum Gasteiger partial charge on any atom is -0.357 e. The van der Waals surface area contributed by atoms with E-state index in [1.165, 1.54) is 11.1 Å². The Balaban J connectivity index is 1.32. The average Bonchev–Trinajstić information content (AvgIpc) is 3.33. The number of carbonyl (C=O) groups is 1. The lowest BCUT2D eigenvalue weighted by Crippen LogP contribution is -2.32. The molecular formula is C23H24N6O. The number of rotatable bonds is 5. The van der Waals surface area contributed by atoms with Crippen molar-refractivity contribution in [1.29, 1.82) is 0 Å². The van der Waals surface area contributed by atoms with E-state index in [-0.39, 0.29) is 5.91 Å². The lowest BCUT2D eigenvalue weighted by molar-refractivity contribution is 0.0942. The Kier molecular flexibility index (Phi) is 4.80. The highest BCUT2D eigenvalue weighted by Gasteiger charge is 2.27. The zero-order valence-electron chi connectivity index (χ0n) is 16.9. The monoisotopic (exact) mass is 400 g/mol. The van der Waals surface area contributed by atoms with Crippen molar-refractivity contribution >= 4 is 16.8 Å². The molecule has 1 aliphatic rings. The van der Waals surface area contributed by atoms with Gasteiger partial charge in [0.05, 0.1) is 0 Å². The third-order valence-corrected chi connectivity index (χ3v) is 5.69. The average molecular weight is 400 g/mol. The number of H-pyrrole nitrogens is 1. The van der Waals surface area contributed by atoms with E-state index in [0.717, 1.165) is 41.8 Å². The molecule has 0 spiro atoms. The van der Waals surface area contributed by atoms with E-state index in [2.05, 4.69) is 49.5 Å². The maximum Gasteiger partial charge on any atom is 0.272 e. The van der Waals surface area contributed by atoms with Crippen LogP contribution in [0.2, 0.25) is 0 Å². The van der Waals surface area contributed by atoms with Crippen molar-refractivity contribution in [2.45, 2.75) is 26.1 Å². The number of nitrogens with zero attached hydrogens (tertiary/aromatic N) is 4. The van der Waals surface area contributed by atoms with Gasteiger partial charge in [-0.25, -0.2) is 0 Å². The van der Waals surface area contributed by atoms with Crippen LogP contribution in [-0.4, -0.2) is 37.1 Å². The molecule has 152 valence electrons. The Hall–Kier alpha value is -3.45. The summed E-state index contributed by atoms with van der Waals surface area (Å²) in [6.45, 7) is 2.92. The van der Waals surface area contributed by atoms with E-state index in [1.54, 1.807) is 12.4 Å². The molecule has 0 fully saturated rings. The second kappa shape index (κ2) is 7.76. The molecule has 0 saturated carbocycles. The summed E-state index contributed by atoms with van der Waals surface area (Å²) in [6.07, 6.45) is 4.37. The van der Waals surface area contributed by atoms with Crippen LogP contribution < -0.4 is 5.32 Å². The van der Waals surface area contributed by atoms with E-state index in [9.17, 15) is 4.79 Å². The Morgan fingerprint density at radius 1 is 1.23 bits per heavy atom. The molecule has 30 heavy (non-hydrogen) atoms. The van der Waals surface area contributed by atoms with E-state index in [0.29, 0.717) is 18.8 Å². The standard InChI is InChI=1S/C23H24N6O/c1-28-21-8-10-29(14-18-11-17-6-2-3-7-20(17)26-18)15-19(21)22(27-28)23(30)25-13-16-5-4-9-24-12-16/h2-7,9,11-12,26H,8,10,13-15H2,1H3,(H,25,30). The highest BCUT2D eigenvalue weighted by molar-refractivity contribution is 5.94. The van der Waals surface area contributed by atoms with Gasteiger partial charge in [-0.3, -0.25) is 19.4 Å². The normalized spacial score (nSPS) is 14.0. The first-order valence-corrected chi connectivity index (χ1v) is 10.2. The number of nitrogens with one attached hydrogen (secondary N) is 2. The fourth-order valence-corrected chi connectivity index (χ4v) is 4.19. The van der Waals surface area contributed by atoms with Gasteiger partial charge >= 0.3 is 0 Å². The van der Waals surface area contributed by atoms with Crippen LogP contribution in [0.4, 0.5) is 0 Å². The zero-order chi connectivity index (χ0) is 20.5. The molecule has 0 radical (unpaired) electrons. The third kappa shape index (κ3) is 3.59. The first-order chi connectivity index (χ1) is 14.7. The van der Waals surface area contributed by atoms with Gasteiger partial charge in [0.15, 0.2) is 5.69 Å². The van der Waals surface area contributed by atoms with Gasteiger partial charge in [0, 0.05) is 74.5 Å². The first kappa shape index (κ1) is 18.6. The number of carbonyl (C=O) groups excluding carboxylic acids is 1. The summed E-state index contributed by atoms with van der Waals surface area (Å²) in [5.41, 5.74) is 6.01. The molecule has 7 heteroatoms. The molecule has 4 aromatic rings. The predicted octanol–water partition coefficient (Wildman–Crippen LogP) is 2.78. The van der Waals surface area contributed by atoms with Crippen molar-refractivity contribution in [1.82, 2.24) is 30.0 Å². The molecule has 1 aromatic carbocycles. The second-order valence-electron chi connectivity index (χ2n) is 7.78. The molecule has 0 saturated heterocycles. The number of aromatic amines is 1. The highest BCUT2D eigenvalue weighted by atomic mass is 16.1. The molecule has 0 unspecified atom stereocenters. The van der Waals surface area contributed by atoms with Crippen LogP contribution in [0.25, 0.3) is 10.9 Å². The summed E-state index contributed by atoms with van der Waals surface area (Å²) < 4.78 is 1.86. The summed E-state index contributed by atoms with van der Waals surface area (Å²) in [5, 5.41) is 8.74. The Bertz CT molecular complexity index is 1160. The number of aryl methyl sites for hydroxylation is 1. The molecule has 5 rings (SSSR count). The predicted molar refractivity (Wildman–Crippen MR) is 115 cm³/mol. The van der Waals surface area contributed by atoms with E-state index < -0.39 is 0 Å². The molecule has 0 aliphatic carbocycles. The first-order valence-electron chi connectivity index (χ1n) is 10.2. The van der Waals surface area contributed by atoms with Crippen LogP contribution in [0.1, 0.15) is 33.0 Å². The summed E-state index contributed by atoms with van der Waals surface area (Å²) in [5.74, 6) is -0.136. The highest BCUT2D eigenvalue weighted by Crippen LogP contribution is 2.24. The lowest BCUT2D eigenvalue weighted by atomic mass is 10.0. The molecular weight excluding hydrogens is 376 g/mol. The fourth-order valence-electron chi connectivity index (χ4n) is 4.19. The van der Waals surface area contributed by atoms with Crippen LogP contribution in [0.5, 0.6) is 0 Å². The van der Waals surface area contributed by atoms with Gasteiger partial charge in [-0.1, -0.05) is 24.3 Å². The van der Waals surface area contributed by atoms with Gasteiger partial charge in [0.25, 0.3) is 5.91 Å². The minimum absolute atomic E-state index is 0.136. The van der Waals surface area contributed by atoms with Gasteiger partial charge < -0.3 is 10.3 Å². The van der Waals surface area contributed by atoms with Crippen molar-refractivity contribution < 1.29 is 4.79 Å². The van der Waals surface area contributed by atoms with Crippen molar-refractivity contribution in [3.8, 4) is 0 Å². The van der Waals surface area contributed by atoms with Gasteiger partial charge in [0.1, 0.15) is 0 Å².